The summed E-state index contributed by atoms with van der Waals surface area (Å²) in [6, 6.07) is 5.66. The number of hydrogen-bond donors (Lipinski definition) is 0. The summed E-state index contributed by atoms with van der Waals surface area (Å²) in [6.45, 7) is 5.78. The van der Waals surface area contributed by atoms with Crippen molar-refractivity contribution < 1.29 is 28.7 Å². The van der Waals surface area contributed by atoms with Crippen LogP contribution in [0.3, 0.4) is 0 Å². The van der Waals surface area contributed by atoms with Gasteiger partial charge in [-0.15, -0.1) is 0 Å². The molecule has 0 aromatic heterocycles. The van der Waals surface area contributed by atoms with Gasteiger partial charge >= 0.3 is 11.9 Å². The van der Waals surface area contributed by atoms with Crippen molar-refractivity contribution in [2.45, 2.75) is 26.7 Å². The van der Waals surface area contributed by atoms with Crippen molar-refractivity contribution in [1.82, 2.24) is 0 Å². The van der Waals surface area contributed by atoms with Gasteiger partial charge in [-0.3, -0.25) is 10.1 Å². The third-order valence-electron chi connectivity index (χ3n) is 3.83. The van der Waals surface area contributed by atoms with E-state index in [1.165, 1.54) is 24.3 Å². The monoisotopic (exact) mass is 407 g/mol. The molecular weight excluding hydrogens is 386 g/mol. The molecule has 1 heterocycles. The van der Waals surface area contributed by atoms with Gasteiger partial charge in [0.15, 0.2) is 5.09 Å². The number of ether oxygens (including phenoxy) is 3. The minimum absolute atomic E-state index is 0.0951. The van der Waals surface area contributed by atoms with Crippen LogP contribution in [-0.4, -0.2) is 36.7 Å². The van der Waals surface area contributed by atoms with Crippen LogP contribution in [0.2, 0.25) is 0 Å². The van der Waals surface area contributed by atoms with Gasteiger partial charge in [-0.25, -0.2) is 9.59 Å². The van der Waals surface area contributed by atoms with Gasteiger partial charge in [-0.1, -0.05) is 23.9 Å². The Labute approximate surface area is 166 Å². The van der Waals surface area contributed by atoms with Crippen molar-refractivity contribution in [3.63, 3.8) is 0 Å². The molecule has 9 heteroatoms. The molecule has 1 aromatic carbocycles. The predicted octanol–water partition coefficient (Wildman–Crippen LogP) is 3.68. The van der Waals surface area contributed by atoms with Crippen molar-refractivity contribution in [2.75, 3.05) is 19.8 Å². The fourth-order valence-electron chi connectivity index (χ4n) is 2.69. The number of non-ortho nitro benzene ring substituents is 1. The largest absolute Gasteiger partial charge is 0.487 e. The van der Waals surface area contributed by atoms with Crippen LogP contribution in [0, 0.1) is 10.1 Å². The van der Waals surface area contributed by atoms with Crippen LogP contribution in [0.4, 0.5) is 5.69 Å². The zero-order chi connectivity index (χ0) is 20.7. The van der Waals surface area contributed by atoms with Crippen LogP contribution in [0.1, 0.15) is 32.3 Å². The molecule has 0 radical (unpaired) electrons. The van der Waals surface area contributed by atoms with Crippen LogP contribution < -0.4 is 0 Å². The van der Waals surface area contributed by atoms with Crippen LogP contribution in [0.25, 0.3) is 0 Å². The van der Waals surface area contributed by atoms with Gasteiger partial charge in [0.05, 0.1) is 41.8 Å². The van der Waals surface area contributed by atoms with Gasteiger partial charge in [0, 0.05) is 12.1 Å². The minimum Gasteiger partial charge on any atom is -0.487 e. The second-order valence-corrected chi connectivity index (χ2v) is 6.39. The molecule has 0 saturated carbocycles. The Balaban J connectivity index is 2.60. The van der Waals surface area contributed by atoms with Crippen molar-refractivity contribution in [3.8, 4) is 0 Å². The summed E-state index contributed by atoms with van der Waals surface area (Å²) in [7, 11) is 0. The SMILES string of the molecule is CCOC(=O)C1=CSC(OCC)=C(C(=O)OCC)C1c1ccc([N+](=O)[O-])cc1. The summed E-state index contributed by atoms with van der Waals surface area (Å²) in [5.41, 5.74) is 0.841. The van der Waals surface area contributed by atoms with E-state index in [1.54, 1.807) is 26.2 Å². The van der Waals surface area contributed by atoms with Gasteiger partial charge in [-0.05, 0) is 31.7 Å². The lowest BCUT2D eigenvalue weighted by atomic mass is 9.85. The molecule has 1 aromatic rings. The van der Waals surface area contributed by atoms with Crippen LogP contribution in [0.5, 0.6) is 0 Å². The summed E-state index contributed by atoms with van der Waals surface area (Å²) >= 11 is 1.10. The Bertz CT molecular complexity index is 814. The van der Waals surface area contributed by atoms with Crippen molar-refractivity contribution in [2.24, 2.45) is 0 Å². The van der Waals surface area contributed by atoms with E-state index < -0.39 is 22.8 Å². The number of benzene rings is 1. The Morgan fingerprint density at radius 1 is 1.04 bits per heavy atom. The summed E-state index contributed by atoms with van der Waals surface area (Å²) in [5, 5.41) is 12.9. The topological polar surface area (TPSA) is 105 Å². The summed E-state index contributed by atoms with van der Waals surface area (Å²) < 4.78 is 15.9. The number of carbonyl (C=O) groups is 2. The van der Waals surface area contributed by atoms with Crippen molar-refractivity contribution >= 4 is 29.4 Å². The van der Waals surface area contributed by atoms with E-state index >= 15 is 0 Å². The molecule has 1 aliphatic heterocycles. The first kappa shape index (κ1) is 21.5. The zero-order valence-corrected chi connectivity index (χ0v) is 16.6. The lowest BCUT2D eigenvalue weighted by Crippen LogP contribution is -2.25. The maximum atomic E-state index is 12.7. The van der Waals surface area contributed by atoms with E-state index in [9.17, 15) is 19.7 Å². The first-order valence-electron chi connectivity index (χ1n) is 8.76. The third kappa shape index (κ3) is 4.72. The molecule has 8 nitrogen and oxygen atoms in total. The van der Waals surface area contributed by atoms with Crippen LogP contribution >= 0.6 is 11.8 Å². The summed E-state index contributed by atoms with van der Waals surface area (Å²) in [5.74, 6) is -2.01. The molecule has 2 rings (SSSR count). The number of thioether (sulfide) groups is 1. The Kier molecular flexibility index (Phi) is 7.62. The molecule has 1 unspecified atom stereocenters. The number of hydrogen-bond acceptors (Lipinski definition) is 8. The Morgan fingerprint density at radius 3 is 2.18 bits per heavy atom. The molecule has 0 spiro atoms. The van der Waals surface area contributed by atoms with E-state index in [0.717, 1.165) is 11.8 Å². The highest BCUT2D eigenvalue weighted by molar-refractivity contribution is 8.05. The number of carbonyl (C=O) groups excluding carboxylic acids is 2. The molecule has 150 valence electrons. The first-order chi connectivity index (χ1) is 13.4. The lowest BCUT2D eigenvalue weighted by molar-refractivity contribution is -0.384. The normalized spacial score (nSPS) is 16.2. The second-order valence-electron chi connectivity index (χ2n) is 5.55. The summed E-state index contributed by atoms with van der Waals surface area (Å²) in [6.07, 6.45) is 0. The zero-order valence-electron chi connectivity index (χ0n) is 15.8. The average molecular weight is 407 g/mol. The molecular formula is C19H21NO7S. The van der Waals surface area contributed by atoms with E-state index in [4.69, 9.17) is 14.2 Å². The standard InChI is InChI=1S/C19H21NO7S/c1-4-25-17(21)14-11-28-19(27-6-3)16(18(22)26-5-2)15(14)12-7-9-13(10-8-12)20(23)24/h7-11,15H,4-6H2,1-3H3. The van der Waals surface area contributed by atoms with Crippen LogP contribution in [0.15, 0.2) is 45.9 Å². The highest BCUT2D eigenvalue weighted by Crippen LogP contribution is 2.44. The van der Waals surface area contributed by atoms with Crippen molar-refractivity contribution in [1.29, 1.82) is 0 Å². The maximum Gasteiger partial charge on any atom is 0.339 e. The number of esters is 2. The maximum absolute atomic E-state index is 12.7. The fraction of sp³-hybridized carbons (Fsp3) is 0.368. The van der Waals surface area contributed by atoms with Gasteiger partial charge in [0.25, 0.3) is 5.69 Å². The third-order valence-corrected chi connectivity index (χ3v) is 4.76. The highest BCUT2D eigenvalue weighted by atomic mass is 32.2. The Morgan fingerprint density at radius 2 is 1.64 bits per heavy atom. The van der Waals surface area contributed by atoms with E-state index in [-0.39, 0.29) is 30.0 Å². The lowest BCUT2D eigenvalue weighted by Gasteiger charge is -2.27. The smallest absolute Gasteiger partial charge is 0.339 e. The first-order valence-corrected chi connectivity index (χ1v) is 9.64. The predicted molar refractivity (Wildman–Crippen MR) is 103 cm³/mol. The van der Waals surface area contributed by atoms with Crippen molar-refractivity contribution in [3.05, 3.63) is 61.6 Å². The minimum atomic E-state index is -0.818. The molecule has 0 saturated heterocycles. The van der Waals surface area contributed by atoms with Gasteiger partial charge in [0.2, 0.25) is 0 Å². The summed E-state index contributed by atoms with van der Waals surface area (Å²) in [4.78, 5) is 35.7. The van der Waals surface area contributed by atoms with Crippen LogP contribution in [-0.2, 0) is 23.8 Å². The van der Waals surface area contributed by atoms with Gasteiger partial charge < -0.3 is 14.2 Å². The van der Waals surface area contributed by atoms with E-state index in [1.807, 2.05) is 0 Å². The van der Waals surface area contributed by atoms with Gasteiger partial charge in [0.1, 0.15) is 0 Å². The molecule has 1 aliphatic rings. The van der Waals surface area contributed by atoms with Gasteiger partial charge in [-0.2, -0.15) is 0 Å². The van der Waals surface area contributed by atoms with E-state index in [2.05, 4.69) is 0 Å². The number of nitro benzene ring substituents is 1. The molecule has 0 amide bonds. The number of rotatable bonds is 8. The molecule has 28 heavy (non-hydrogen) atoms. The fourth-order valence-corrected chi connectivity index (χ4v) is 3.67. The number of nitro groups is 1. The number of nitrogens with zero attached hydrogens (tertiary/aromatic N) is 1. The molecule has 1 atom stereocenters. The quantitative estimate of drug-likeness (QED) is 0.365. The second kappa shape index (κ2) is 9.93. The Hall–Kier alpha value is -2.81. The molecule has 0 bridgehead atoms. The molecule has 0 N–H and O–H groups in total. The highest BCUT2D eigenvalue weighted by Gasteiger charge is 2.38. The van der Waals surface area contributed by atoms with E-state index in [0.29, 0.717) is 17.3 Å². The average Bonchev–Trinajstić information content (AvgIpc) is 2.68. The molecule has 0 aliphatic carbocycles. The molecule has 0 fully saturated rings.